The van der Waals surface area contributed by atoms with Gasteiger partial charge < -0.3 is 14.4 Å². The van der Waals surface area contributed by atoms with E-state index in [1.54, 1.807) is 6.92 Å². The number of para-hydroxylation sites is 2. The number of aromatic nitrogens is 2. The Labute approximate surface area is 160 Å². The molecule has 2 aliphatic rings. The first kappa shape index (κ1) is 18.0. The zero-order chi connectivity index (χ0) is 18.8. The second-order valence-corrected chi connectivity index (χ2v) is 7.71. The fraction of sp³-hybridized carbons (Fsp3) is 0.571. The molecule has 1 atom stereocenters. The van der Waals surface area contributed by atoms with Crippen molar-refractivity contribution >= 4 is 22.8 Å². The molecule has 0 radical (unpaired) electrons. The number of hydrogen-bond acceptors (Lipinski definition) is 3. The number of rotatable bonds is 3. The second-order valence-electron chi connectivity index (χ2n) is 7.71. The molecule has 1 aromatic heterocycles. The van der Waals surface area contributed by atoms with Gasteiger partial charge in [0.25, 0.3) is 0 Å². The number of benzene rings is 1. The van der Waals surface area contributed by atoms with Crippen LogP contribution >= 0.6 is 0 Å². The number of carbonyl (C=O) groups excluding carboxylic acids is 2. The predicted octanol–water partition coefficient (Wildman–Crippen LogP) is 3.12. The van der Waals surface area contributed by atoms with Crippen LogP contribution in [0.25, 0.3) is 11.0 Å². The second kappa shape index (κ2) is 7.71. The minimum absolute atomic E-state index is 0.0353. The van der Waals surface area contributed by atoms with Gasteiger partial charge in [0.2, 0.25) is 11.8 Å². The van der Waals surface area contributed by atoms with E-state index in [4.69, 9.17) is 4.98 Å². The van der Waals surface area contributed by atoms with Gasteiger partial charge >= 0.3 is 0 Å². The van der Waals surface area contributed by atoms with E-state index >= 15 is 0 Å². The number of hydrogen-bond donors (Lipinski definition) is 0. The van der Waals surface area contributed by atoms with Crippen LogP contribution in [0.3, 0.4) is 0 Å². The number of nitrogens with zero attached hydrogens (tertiary/aromatic N) is 4. The molecular formula is C21H28N4O2. The van der Waals surface area contributed by atoms with E-state index < -0.39 is 0 Å². The first-order chi connectivity index (χ1) is 13.1. The van der Waals surface area contributed by atoms with Crippen molar-refractivity contribution in [1.29, 1.82) is 0 Å². The molecule has 27 heavy (non-hydrogen) atoms. The van der Waals surface area contributed by atoms with Crippen LogP contribution in [-0.4, -0.2) is 50.8 Å². The Bertz CT molecular complexity index is 836. The molecule has 2 amide bonds. The van der Waals surface area contributed by atoms with Gasteiger partial charge in [-0.2, -0.15) is 0 Å². The molecule has 0 saturated carbocycles. The highest BCUT2D eigenvalue weighted by Crippen LogP contribution is 2.33. The van der Waals surface area contributed by atoms with Gasteiger partial charge in [0, 0.05) is 26.6 Å². The number of carbonyl (C=O) groups is 2. The predicted molar refractivity (Wildman–Crippen MR) is 104 cm³/mol. The van der Waals surface area contributed by atoms with Crippen LogP contribution in [0.1, 0.15) is 57.3 Å². The van der Waals surface area contributed by atoms with Gasteiger partial charge in [0.15, 0.2) is 0 Å². The number of fused-ring (bicyclic) bond motifs is 1. The van der Waals surface area contributed by atoms with E-state index in [2.05, 4.69) is 4.57 Å². The third kappa shape index (κ3) is 3.57. The molecule has 0 bridgehead atoms. The molecule has 6 nitrogen and oxygen atoms in total. The Kier molecular flexibility index (Phi) is 5.14. The van der Waals surface area contributed by atoms with Gasteiger partial charge in [-0.3, -0.25) is 9.59 Å². The topological polar surface area (TPSA) is 58.4 Å². The first-order valence-corrected chi connectivity index (χ1v) is 10.2. The lowest BCUT2D eigenvalue weighted by molar-refractivity contribution is -0.131. The third-order valence-electron chi connectivity index (χ3n) is 5.89. The highest BCUT2D eigenvalue weighted by Gasteiger charge is 2.32. The van der Waals surface area contributed by atoms with Crippen LogP contribution in [0.5, 0.6) is 0 Å². The quantitative estimate of drug-likeness (QED) is 0.836. The van der Waals surface area contributed by atoms with Crippen molar-refractivity contribution in [2.24, 2.45) is 0 Å². The van der Waals surface area contributed by atoms with Gasteiger partial charge in [0.1, 0.15) is 12.4 Å². The van der Waals surface area contributed by atoms with Crippen molar-refractivity contribution in [2.75, 3.05) is 19.6 Å². The lowest BCUT2D eigenvalue weighted by atomic mass is 10.2. The maximum Gasteiger partial charge on any atom is 0.242 e. The van der Waals surface area contributed by atoms with Crippen LogP contribution in [0, 0.1) is 0 Å². The largest absolute Gasteiger partial charge is 0.341 e. The molecule has 6 heteroatoms. The SMILES string of the molecule is CC(=O)N1CCC[C@H]1c1nc2ccccc2n1CC(=O)N1CCCCCC1. The van der Waals surface area contributed by atoms with E-state index in [0.717, 1.165) is 62.2 Å². The van der Waals surface area contributed by atoms with Crippen LogP contribution in [0.15, 0.2) is 24.3 Å². The monoisotopic (exact) mass is 368 g/mol. The molecule has 3 heterocycles. The van der Waals surface area contributed by atoms with Crippen molar-refractivity contribution in [1.82, 2.24) is 19.4 Å². The Morgan fingerprint density at radius 2 is 1.78 bits per heavy atom. The maximum atomic E-state index is 13.0. The van der Waals surface area contributed by atoms with Gasteiger partial charge in [-0.05, 0) is 37.8 Å². The molecule has 2 saturated heterocycles. The number of amides is 2. The van der Waals surface area contributed by atoms with E-state index in [1.165, 1.54) is 12.8 Å². The fourth-order valence-corrected chi connectivity index (χ4v) is 4.48. The molecule has 0 N–H and O–H groups in total. The summed E-state index contributed by atoms with van der Waals surface area (Å²) in [5.41, 5.74) is 1.87. The zero-order valence-electron chi connectivity index (χ0n) is 16.1. The summed E-state index contributed by atoms with van der Waals surface area (Å²) in [5, 5.41) is 0. The smallest absolute Gasteiger partial charge is 0.242 e. The summed E-state index contributed by atoms with van der Waals surface area (Å²) >= 11 is 0. The molecule has 4 rings (SSSR count). The Hall–Kier alpha value is -2.37. The molecule has 2 fully saturated rings. The molecule has 0 spiro atoms. The summed E-state index contributed by atoms with van der Waals surface area (Å²) in [6.07, 6.45) is 6.47. The first-order valence-electron chi connectivity index (χ1n) is 10.2. The summed E-state index contributed by atoms with van der Waals surface area (Å²) in [6, 6.07) is 7.93. The normalized spacial score (nSPS) is 20.9. The third-order valence-corrected chi connectivity index (χ3v) is 5.89. The average molecular weight is 368 g/mol. The van der Waals surface area contributed by atoms with Gasteiger partial charge in [-0.25, -0.2) is 4.98 Å². The Morgan fingerprint density at radius 3 is 2.52 bits per heavy atom. The van der Waals surface area contributed by atoms with E-state index in [1.807, 2.05) is 34.1 Å². The zero-order valence-corrected chi connectivity index (χ0v) is 16.1. The van der Waals surface area contributed by atoms with Crippen molar-refractivity contribution in [3.05, 3.63) is 30.1 Å². The average Bonchev–Trinajstić information content (AvgIpc) is 3.18. The fourth-order valence-electron chi connectivity index (χ4n) is 4.48. The van der Waals surface area contributed by atoms with Crippen molar-refractivity contribution in [2.45, 2.75) is 58.0 Å². The maximum absolute atomic E-state index is 13.0. The Morgan fingerprint density at radius 1 is 1.04 bits per heavy atom. The molecule has 0 aliphatic carbocycles. The van der Waals surface area contributed by atoms with Crippen LogP contribution in [0.2, 0.25) is 0 Å². The Balaban J connectivity index is 1.68. The van der Waals surface area contributed by atoms with Crippen molar-refractivity contribution < 1.29 is 9.59 Å². The molecule has 2 aliphatic heterocycles. The summed E-state index contributed by atoms with van der Waals surface area (Å²) in [7, 11) is 0. The number of likely N-dealkylation sites (tertiary alicyclic amines) is 2. The van der Waals surface area contributed by atoms with Gasteiger partial charge in [0.05, 0.1) is 17.1 Å². The van der Waals surface area contributed by atoms with Crippen LogP contribution < -0.4 is 0 Å². The number of imidazole rings is 1. The molecule has 1 aromatic carbocycles. The standard InChI is InChI=1S/C21H28N4O2/c1-16(26)24-14-8-11-19(24)21-22-17-9-4-5-10-18(17)25(21)15-20(27)23-12-6-2-3-7-13-23/h4-5,9-10,19H,2-3,6-8,11-15H2,1H3/t19-/m0/s1. The van der Waals surface area contributed by atoms with Gasteiger partial charge in [-0.15, -0.1) is 0 Å². The van der Waals surface area contributed by atoms with E-state index in [-0.39, 0.29) is 17.9 Å². The molecular weight excluding hydrogens is 340 g/mol. The molecule has 144 valence electrons. The van der Waals surface area contributed by atoms with Crippen LogP contribution in [0.4, 0.5) is 0 Å². The lowest BCUT2D eigenvalue weighted by Gasteiger charge is -2.25. The summed E-state index contributed by atoms with van der Waals surface area (Å²) in [5.74, 6) is 1.09. The highest BCUT2D eigenvalue weighted by atomic mass is 16.2. The van der Waals surface area contributed by atoms with Crippen LogP contribution in [-0.2, 0) is 16.1 Å². The summed E-state index contributed by atoms with van der Waals surface area (Å²) < 4.78 is 2.05. The molecule has 0 unspecified atom stereocenters. The van der Waals surface area contributed by atoms with E-state index in [0.29, 0.717) is 6.54 Å². The highest BCUT2D eigenvalue weighted by molar-refractivity contribution is 5.81. The summed E-state index contributed by atoms with van der Waals surface area (Å²) in [4.78, 5) is 33.9. The minimum atomic E-state index is -0.0353. The van der Waals surface area contributed by atoms with Gasteiger partial charge in [-0.1, -0.05) is 25.0 Å². The van der Waals surface area contributed by atoms with Crippen molar-refractivity contribution in [3.8, 4) is 0 Å². The lowest BCUT2D eigenvalue weighted by Crippen LogP contribution is -2.36. The van der Waals surface area contributed by atoms with E-state index in [9.17, 15) is 9.59 Å². The van der Waals surface area contributed by atoms with Crippen molar-refractivity contribution in [3.63, 3.8) is 0 Å². The minimum Gasteiger partial charge on any atom is -0.341 e. The molecule has 2 aromatic rings. The summed E-state index contributed by atoms with van der Waals surface area (Å²) in [6.45, 7) is 4.39.